The van der Waals surface area contributed by atoms with Gasteiger partial charge in [-0.2, -0.15) is 0 Å². The quantitative estimate of drug-likeness (QED) is 0.783. The standard InChI is InChI=1S/C12H15BCl2O2/c1-2-3-4-12-8-16-13(17-12)9-5-10(14)7-11(15)6-9/h5-7,12H,2-4,8H2,1H3. The smallest absolute Gasteiger partial charge is 0.405 e. The number of hydrogen-bond donors (Lipinski definition) is 0. The Labute approximate surface area is 112 Å². The Morgan fingerprint density at radius 3 is 2.65 bits per heavy atom. The molecule has 1 atom stereocenters. The zero-order valence-corrected chi connectivity index (χ0v) is 11.3. The monoisotopic (exact) mass is 272 g/mol. The summed E-state index contributed by atoms with van der Waals surface area (Å²) < 4.78 is 11.4. The maximum Gasteiger partial charge on any atom is 0.494 e. The molecule has 2 rings (SSSR count). The molecule has 5 heteroatoms. The van der Waals surface area contributed by atoms with Gasteiger partial charge in [0.25, 0.3) is 0 Å². The van der Waals surface area contributed by atoms with Gasteiger partial charge >= 0.3 is 7.12 Å². The third-order valence-electron chi connectivity index (χ3n) is 2.79. The molecule has 1 aliphatic rings. The summed E-state index contributed by atoms with van der Waals surface area (Å²) in [5, 5.41) is 1.22. The molecule has 0 bridgehead atoms. The van der Waals surface area contributed by atoms with Gasteiger partial charge in [-0.25, -0.2) is 0 Å². The summed E-state index contributed by atoms with van der Waals surface area (Å²) in [6.45, 7) is 2.82. The Balaban J connectivity index is 1.99. The molecule has 1 saturated heterocycles. The molecule has 1 fully saturated rings. The van der Waals surface area contributed by atoms with Crippen molar-refractivity contribution >= 4 is 35.8 Å². The summed E-state index contributed by atoms with van der Waals surface area (Å²) in [6, 6.07) is 5.37. The molecule has 0 saturated carbocycles. The molecule has 0 aliphatic carbocycles. The van der Waals surface area contributed by atoms with Crippen molar-refractivity contribution < 1.29 is 9.31 Å². The van der Waals surface area contributed by atoms with Crippen molar-refractivity contribution in [3.63, 3.8) is 0 Å². The first-order chi connectivity index (χ1) is 8.19. The van der Waals surface area contributed by atoms with Crippen molar-refractivity contribution in [3.8, 4) is 0 Å². The number of rotatable bonds is 4. The topological polar surface area (TPSA) is 18.5 Å². The zero-order valence-electron chi connectivity index (χ0n) is 9.79. The fourth-order valence-electron chi connectivity index (χ4n) is 1.92. The van der Waals surface area contributed by atoms with Crippen molar-refractivity contribution in [2.45, 2.75) is 32.3 Å². The van der Waals surface area contributed by atoms with Gasteiger partial charge in [-0.3, -0.25) is 0 Å². The first-order valence-electron chi connectivity index (χ1n) is 5.92. The molecule has 17 heavy (non-hydrogen) atoms. The van der Waals surface area contributed by atoms with Crippen LogP contribution in [0.25, 0.3) is 0 Å². The van der Waals surface area contributed by atoms with Crippen LogP contribution in [-0.2, 0) is 9.31 Å². The Kier molecular flexibility index (Phi) is 4.74. The van der Waals surface area contributed by atoms with E-state index in [9.17, 15) is 0 Å². The van der Waals surface area contributed by atoms with E-state index in [2.05, 4.69) is 6.92 Å². The third-order valence-corrected chi connectivity index (χ3v) is 3.22. The molecular weight excluding hydrogens is 258 g/mol. The number of unbranched alkanes of at least 4 members (excludes halogenated alkanes) is 1. The van der Waals surface area contributed by atoms with Crippen LogP contribution < -0.4 is 5.46 Å². The van der Waals surface area contributed by atoms with E-state index in [1.807, 2.05) is 12.1 Å². The van der Waals surface area contributed by atoms with Gasteiger partial charge in [0.2, 0.25) is 0 Å². The van der Waals surface area contributed by atoms with Crippen LogP contribution in [0.1, 0.15) is 26.2 Å². The highest BCUT2D eigenvalue weighted by Gasteiger charge is 2.32. The Morgan fingerprint density at radius 2 is 2.00 bits per heavy atom. The molecule has 1 aromatic rings. The van der Waals surface area contributed by atoms with Crippen LogP contribution >= 0.6 is 23.2 Å². The Bertz CT molecular complexity index is 367. The van der Waals surface area contributed by atoms with E-state index >= 15 is 0 Å². The maximum atomic E-state index is 5.95. The molecule has 2 nitrogen and oxygen atoms in total. The fraction of sp³-hybridized carbons (Fsp3) is 0.500. The largest absolute Gasteiger partial charge is 0.494 e. The van der Waals surface area contributed by atoms with E-state index in [4.69, 9.17) is 32.5 Å². The lowest BCUT2D eigenvalue weighted by Crippen LogP contribution is -2.32. The molecule has 1 aliphatic heterocycles. The predicted molar refractivity (Wildman–Crippen MR) is 72.2 cm³/mol. The third kappa shape index (κ3) is 3.62. The van der Waals surface area contributed by atoms with E-state index in [1.165, 1.54) is 6.42 Å². The van der Waals surface area contributed by atoms with Crippen molar-refractivity contribution in [2.24, 2.45) is 0 Å². The van der Waals surface area contributed by atoms with Crippen molar-refractivity contribution in [3.05, 3.63) is 28.2 Å². The van der Waals surface area contributed by atoms with E-state index in [-0.39, 0.29) is 13.2 Å². The second-order valence-electron chi connectivity index (χ2n) is 4.27. The normalized spacial score (nSPS) is 19.9. The van der Waals surface area contributed by atoms with E-state index in [0.29, 0.717) is 16.7 Å². The SMILES string of the molecule is CCCCC1COB(c2cc(Cl)cc(Cl)c2)O1. The molecule has 0 amide bonds. The number of benzene rings is 1. The van der Waals surface area contributed by atoms with Crippen LogP contribution in [0.3, 0.4) is 0 Å². The van der Waals surface area contributed by atoms with Crippen molar-refractivity contribution in [2.75, 3.05) is 6.61 Å². The minimum atomic E-state index is -0.326. The molecule has 0 N–H and O–H groups in total. The average molecular weight is 273 g/mol. The van der Waals surface area contributed by atoms with Gasteiger partial charge < -0.3 is 9.31 Å². The Hall–Kier alpha value is -0.215. The first-order valence-corrected chi connectivity index (χ1v) is 6.67. The van der Waals surface area contributed by atoms with Crippen LogP contribution in [0.15, 0.2) is 18.2 Å². The van der Waals surface area contributed by atoms with Crippen LogP contribution in [0, 0.1) is 0 Å². The van der Waals surface area contributed by atoms with Crippen LogP contribution in [-0.4, -0.2) is 19.8 Å². The Morgan fingerprint density at radius 1 is 1.29 bits per heavy atom. The van der Waals surface area contributed by atoms with Crippen LogP contribution in [0.4, 0.5) is 0 Å². The highest BCUT2D eigenvalue weighted by Crippen LogP contribution is 2.18. The zero-order chi connectivity index (χ0) is 12.3. The van der Waals surface area contributed by atoms with Gasteiger partial charge in [-0.1, -0.05) is 43.0 Å². The molecule has 0 radical (unpaired) electrons. The number of halogens is 2. The van der Waals surface area contributed by atoms with E-state index in [1.54, 1.807) is 6.07 Å². The average Bonchev–Trinajstić information content (AvgIpc) is 2.73. The summed E-state index contributed by atoms with van der Waals surface area (Å²) in [4.78, 5) is 0. The van der Waals surface area contributed by atoms with E-state index in [0.717, 1.165) is 18.3 Å². The van der Waals surface area contributed by atoms with Gasteiger partial charge in [0.05, 0.1) is 12.7 Å². The summed E-state index contributed by atoms with van der Waals surface area (Å²) in [5.41, 5.74) is 0.890. The van der Waals surface area contributed by atoms with Crippen molar-refractivity contribution in [1.82, 2.24) is 0 Å². The van der Waals surface area contributed by atoms with Gasteiger partial charge in [0, 0.05) is 10.0 Å². The van der Waals surface area contributed by atoms with Crippen LogP contribution in [0.2, 0.25) is 10.0 Å². The lowest BCUT2D eigenvalue weighted by molar-refractivity contribution is 0.219. The summed E-state index contributed by atoms with van der Waals surface area (Å²) in [5.74, 6) is 0. The van der Waals surface area contributed by atoms with Crippen LogP contribution in [0.5, 0.6) is 0 Å². The van der Waals surface area contributed by atoms with Gasteiger partial charge in [-0.15, -0.1) is 0 Å². The number of hydrogen-bond acceptors (Lipinski definition) is 2. The fourth-order valence-corrected chi connectivity index (χ4v) is 2.46. The van der Waals surface area contributed by atoms with Gasteiger partial charge in [0.1, 0.15) is 0 Å². The molecule has 1 unspecified atom stereocenters. The molecule has 92 valence electrons. The molecule has 0 spiro atoms. The second-order valence-corrected chi connectivity index (χ2v) is 5.14. The molecule has 0 aromatic heterocycles. The molecule has 1 aromatic carbocycles. The van der Waals surface area contributed by atoms with Gasteiger partial charge in [0.15, 0.2) is 0 Å². The summed E-state index contributed by atoms with van der Waals surface area (Å²) in [6.07, 6.45) is 3.57. The molecule has 1 heterocycles. The predicted octanol–water partition coefficient (Wildman–Crippen LogP) is 3.29. The first kappa shape index (κ1) is 13.2. The highest BCUT2D eigenvalue weighted by atomic mass is 35.5. The lowest BCUT2D eigenvalue weighted by atomic mass is 9.79. The summed E-state index contributed by atoms with van der Waals surface area (Å²) in [7, 11) is -0.326. The minimum Gasteiger partial charge on any atom is -0.405 e. The minimum absolute atomic E-state index is 0.192. The summed E-state index contributed by atoms with van der Waals surface area (Å²) >= 11 is 11.9. The maximum absolute atomic E-state index is 5.95. The highest BCUT2D eigenvalue weighted by molar-refractivity contribution is 6.62. The van der Waals surface area contributed by atoms with Crippen molar-refractivity contribution in [1.29, 1.82) is 0 Å². The second kappa shape index (κ2) is 6.10. The lowest BCUT2D eigenvalue weighted by Gasteiger charge is -2.09. The van der Waals surface area contributed by atoms with Gasteiger partial charge in [-0.05, 0) is 30.1 Å². The molecular formula is C12H15BCl2O2. The van der Waals surface area contributed by atoms with E-state index < -0.39 is 0 Å².